The fourth-order valence-corrected chi connectivity index (χ4v) is 1.94. The Morgan fingerprint density at radius 1 is 1.32 bits per heavy atom. The van der Waals surface area contributed by atoms with Crippen LogP contribution in [0.4, 0.5) is 20.2 Å². The first kappa shape index (κ1) is 18.1. The number of hydrogen-bond donors (Lipinski definition) is 0. The van der Waals surface area contributed by atoms with E-state index in [1.165, 1.54) is 11.0 Å². The highest BCUT2D eigenvalue weighted by molar-refractivity contribution is 5.59. The van der Waals surface area contributed by atoms with Gasteiger partial charge < -0.3 is 9.64 Å². The van der Waals surface area contributed by atoms with Gasteiger partial charge in [-0.1, -0.05) is 0 Å². The maximum Gasteiger partial charge on any atom is 0.311 e. The lowest BCUT2D eigenvalue weighted by atomic mass is 10.2. The Bertz CT molecular complexity index is 500. The smallest absolute Gasteiger partial charge is 0.311 e. The summed E-state index contributed by atoms with van der Waals surface area (Å²) in [6.07, 6.45) is -2.36. The van der Waals surface area contributed by atoms with E-state index >= 15 is 0 Å². The number of anilines is 1. The van der Waals surface area contributed by atoms with Crippen LogP contribution in [0.5, 0.6) is 5.75 Å². The van der Waals surface area contributed by atoms with Crippen molar-refractivity contribution in [3.63, 3.8) is 0 Å². The van der Waals surface area contributed by atoms with Gasteiger partial charge >= 0.3 is 5.69 Å². The van der Waals surface area contributed by atoms with Gasteiger partial charge in [-0.05, 0) is 20.0 Å². The Morgan fingerprint density at radius 3 is 2.55 bits per heavy atom. The molecule has 0 saturated carbocycles. The van der Waals surface area contributed by atoms with Crippen LogP contribution >= 0.6 is 0 Å². The molecule has 0 heterocycles. The highest BCUT2D eigenvalue weighted by Gasteiger charge is 2.17. The van der Waals surface area contributed by atoms with Crippen LogP contribution in [0.1, 0.15) is 6.92 Å². The molecule has 0 amide bonds. The number of nitro groups is 1. The first-order valence-electron chi connectivity index (χ1n) is 6.94. The lowest BCUT2D eigenvalue weighted by Gasteiger charge is -2.23. The molecule has 0 fully saturated rings. The summed E-state index contributed by atoms with van der Waals surface area (Å²) < 4.78 is 29.8. The van der Waals surface area contributed by atoms with Gasteiger partial charge in [0.2, 0.25) is 0 Å². The third kappa shape index (κ3) is 5.44. The van der Waals surface area contributed by atoms with Crippen molar-refractivity contribution in [3.05, 3.63) is 28.3 Å². The second kappa shape index (κ2) is 8.47. The molecule has 0 aliphatic heterocycles. The van der Waals surface area contributed by atoms with Gasteiger partial charge in [-0.2, -0.15) is 0 Å². The number of ether oxygens (including phenoxy) is 1. The molecule has 0 aromatic heterocycles. The van der Waals surface area contributed by atoms with E-state index in [0.717, 1.165) is 5.69 Å². The summed E-state index contributed by atoms with van der Waals surface area (Å²) in [6, 6.07) is 4.60. The standard InChI is InChI=1S/C14H21F2N3O3/c1-4-22-13-9-11(5-6-12(13)19(20)21)18(3)8-7-17(2)10-14(15)16/h5-6,9,14H,4,7-8,10H2,1-3H3. The second-order valence-electron chi connectivity index (χ2n) is 4.92. The van der Waals surface area contributed by atoms with Crippen molar-refractivity contribution in [1.82, 2.24) is 4.90 Å². The van der Waals surface area contributed by atoms with Crippen LogP contribution in [0.2, 0.25) is 0 Å². The summed E-state index contributed by atoms with van der Waals surface area (Å²) in [4.78, 5) is 13.8. The summed E-state index contributed by atoms with van der Waals surface area (Å²) in [5, 5.41) is 10.9. The summed E-state index contributed by atoms with van der Waals surface area (Å²) in [7, 11) is 3.43. The van der Waals surface area contributed by atoms with Gasteiger partial charge in [-0.25, -0.2) is 8.78 Å². The van der Waals surface area contributed by atoms with Gasteiger partial charge in [-0.3, -0.25) is 15.0 Å². The molecule has 0 unspecified atom stereocenters. The Kier molecular flexibility index (Phi) is 6.97. The number of rotatable bonds is 9. The van der Waals surface area contributed by atoms with Crippen molar-refractivity contribution >= 4 is 11.4 Å². The molecule has 8 heteroatoms. The van der Waals surface area contributed by atoms with Gasteiger partial charge in [0.1, 0.15) is 0 Å². The average Bonchev–Trinajstić information content (AvgIpc) is 2.44. The van der Waals surface area contributed by atoms with E-state index in [1.54, 1.807) is 33.2 Å². The van der Waals surface area contributed by atoms with Gasteiger partial charge in [0.05, 0.1) is 18.1 Å². The Morgan fingerprint density at radius 2 is 2.00 bits per heavy atom. The Labute approximate surface area is 128 Å². The minimum absolute atomic E-state index is 0.0891. The van der Waals surface area contributed by atoms with Gasteiger partial charge in [0.25, 0.3) is 6.43 Å². The fraction of sp³-hybridized carbons (Fsp3) is 0.571. The number of hydrogen-bond acceptors (Lipinski definition) is 5. The van der Waals surface area contributed by atoms with Crippen molar-refractivity contribution in [2.45, 2.75) is 13.3 Å². The predicted molar refractivity (Wildman–Crippen MR) is 81.0 cm³/mol. The monoisotopic (exact) mass is 317 g/mol. The molecule has 22 heavy (non-hydrogen) atoms. The van der Waals surface area contributed by atoms with Crippen LogP contribution in [-0.4, -0.2) is 56.6 Å². The number of nitro benzene ring substituents is 1. The maximum atomic E-state index is 12.3. The molecule has 6 nitrogen and oxygen atoms in total. The Hall–Kier alpha value is -1.96. The van der Waals surface area contributed by atoms with Crippen molar-refractivity contribution in [3.8, 4) is 5.75 Å². The second-order valence-corrected chi connectivity index (χ2v) is 4.92. The molecule has 0 spiro atoms. The number of alkyl halides is 2. The zero-order valence-electron chi connectivity index (χ0n) is 13.0. The Balaban J connectivity index is 2.74. The summed E-state index contributed by atoms with van der Waals surface area (Å²) in [5.74, 6) is 0.206. The lowest BCUT2D eigenvalue weighted by molar-refractivity contribution is -0.385. The van der Waals surface area contributed by atoms with Gasteiger partial charge in [-0.15, -0.1) is 0 Å². The molecule has 0 aliphatic rings. The van der Waals surface area contributed by atoms with E-state index in [9.17, 15) is 18.9 Å². The summed E-state index contributed by atoms with van der Waals surface area (Å²) in [5.41, 5.74) is 0.647. The quantitative estimate of drug-likeness (QED) is 0.517. The normalized spacial score (nSPS) is 11.0. The minimum atomic E-state index is -2.36. The van der Waals surface area contributed by atoms with Crippen LogP contribution in [0.15, 0.2) is 18.2 Å². The summed E-state index contributed by atoms with van der Waals surface area (Å²) >= 11 is 0. The van der Waals surface area contributed by atoms with Crippen LogP contribution in [0.3, 0.4) is 0 Å². The lowest BCUT2D eigenvalue weighted by Crippen LogP contribution is -2.33. The molecule has 0 bridgehead atoms. The molecular weight excluding hydrogens is 296 g/mol. The molecule has 0 N–H and O–H groups in total. The van der Waals surface area contributed by atoms with Crippen LogP contribution in [0, 0.1) is 10.1 Å². The van der Waals surface area contributed by atoms with Crippen molar-refractivity contribution in [2.24, 2.45) is 0 Å². The maximum absolute atomic E-state index is 12.3. The van der Waals surface area contributed by atoms with E-state index in [-0.39, 0.29) is 18.0 Å². The molecule has 1 rings (SSSR count). The van der Waals surface area contributed by atoms with E-state index in [0.29, 0.717) is 19.7 Å². The van der Waals surface area contributed by atoms with E-state index in [1.807, 2.05) is 4.90 Å². The first-order valence-corrected chi connectivity index (χ1v) is 6.94. The molecule has 1 aromatic rings. The number of nitrogens with zero attached hydrogens (tertiary/aromatic N) is 3. The van der Waals surface area contributed by atoms with Crippen molar-refractivity contribution in [2.75, 3.05) is 45.2 Å². The molecular formula is C14H21F2N3O3. The fourth-order valence-electron chi connectivity index (χ4n) is 1.94. The summed E-state index contributed by atoms with van der Waals surface area (Å²) in [6.45, 7) is 2.78. The van der Waals surface area contributed by atoms with Crippen LogP contribution < -0.4 is 9.64 Å². The number of halogens is 2. The highest BCUT2D eigenvalue weighted by atomic mass is 19.3. The third-order valence-electron chi connectivity index (χ3n) is 3.15. The van der Waals surface area contributed by atoms with E-state index in [4.69, 9.17) is 4.74 Å². The predicted octanol–water partition coefficient (Wildman–Crippen LogP) is 2.63. The topological polar surface area (TPSA) is 58.8 Å². The van der Waals surface area contributed by atoms with Crippen LogP contribution in [-0.2, 0) is 0 Å². The number of likely N-dealkylation sites (N-methyl/N-ethyl adjacent to an activating group) is 2. The van der Waals surface area contributed by atoms with E-state index < -0.39 is 11.3 Å². The molecule has 0 atom stereocenters. The van der Waals surface area contributed by atoms with Gasteiger partial charge in [0.15, 0.2) is 5.75 Å². The molecule has 124 valence electrons. The molecule has 1 aromatic carbocycles. The van der Waals surface area contributed by atoms with Crippen LogP contribution in [0.25, 0.3) is 0 Å². The van der Waals surface area contributed by atoms with Crippen molar-refractivity contribution < 1.29 is 18.4 Å². The zero-order chi connectivity index (χ0) is 16.7. The number of benzene rings is 1. The SMILES string of the molecule is CCOc1cc(N(C)CCN(C)CC(F)F)ccc1[N+](=O)[O-]. The van der Waals surface area contributed by atoms with Gasteiger partial charge in [0, 0.05) is 38.0 Å². The minimum Gasteiger partial charge on any atom is -0.487 e. The largest absolute Gasteiger partial charge is 0.487 e. The molecule has 0 saturated heterocycles. The third-order valence-corrected chi connectivity index (χ3v) is 3.15. The van der Waals surface area contributed by atoms with Crippen molar-refractivity contribution in [1.29, 1.82) is 0 Å². The molecule has 0 radical (unpaired) electrons. The first-order chi connectivity index (χ1) is 10.3. The zero-order valence-corrected chi connectivity index (χ0v) is 13.0. The van der Waals surface area contributed by atoms with E-state index in [2.05, 4.69) is 0 Å². The average molecular weight is 317 g/mol. The highest BCUT2D eigenvalue weighted by Crippen LogP contribution is 2.31. The molecule has 0 aliphatic carbocycles.